The van der Waals surface area contributed by atoms with E-state index in [4.69, 9.17) is 0 Å². The highest BCUT2D eigenvalue weighted by Gasteiger charge is 2.32. The number of thiophene rings is 1. The third-order valence-corrected chi connectivity index (χ3v) is 5.21. The van der Waals surface area contributed by atoms with Crippen LogP contribution in [-0.4, -0.2) is 5.78 Å². The van der Waals surface area contributed by atoms with Crippen molar-refractivity contribution in [2.75, 3.05) is 0 Å². The Morgan fingerprint density at radius 3 is 2.44 bits per heavy atom. The molecule has 0 radical (unpaired) electrons. The molecule has 2 heteroatoms. The van der Waals surface area contributed by atoms with E-state index in [0.717, 1.165) is 18.8 Å². The van der Waals surface area contributed by atoms with E-state index >= 15 is 0 Å². The van der Waals surface area contributed by atoms with E-state index in [0.29, 0.717) is 23.5 Å². The number of ketones is 1. The van der Waals surface area contributed by atoms with Gasteiger partial charge in [0.15, 0.2) is 0 Å². The minimum Gasteiger partial charge on any atom is -0.299 e. The first-order chi connectivity index (χ1) is 8.47. The van der Waals surface area contributed by atoms with Crippen LogP contribution in [0.1, 0.15) is 51.3 Å². The summed E-state index contributed by atoms with van der Waals surface area (Å²) in [6.45, 7) is 6.97. The maximum absolute atomic E-state index is 12.2. The lowest BCUT2D eigenvalue weighted by Gasteiger charge is -2.36. The fraction of sp³-hybridized carbons (Fsp3) is 0.688. The molecule has 0 saturated heterocycles. The number of carbonyl (C=O) groups excluding carboxylic acids is 1. The maximum Gasteiger partial charge on any atom is 0.141 e. The smallest absolute Gasteiger partial charge is 0.141 e. The molecular weight excluding hydrogens is 240 g/mol. The lowest BCUT2D eigenvalue weighted by molar-refractivity contribution is -0.123. The molecule has 1 aromatic heterocycles. The van der Waals surface area contributed by atoms with E-state index < -0.39 is 0 Å². The first-order valence-electron chi connectivity index (χ1n) is 7.02. The van der Waals surface area contributed by atoms with Crippen molar-refractivity contribution in [3.8, 4) is 0 Å². The summed E-state index contributed by atoms with van der Waals surface area (Å²) in [4.78, 5) is 13.4. The van der Waals surface area contributed by atoms with Crippen molar-refractivity contribution in [1.82, 2.24) is 0 Å². The Bertz CT molecular complexity index is 378. The second-order valence-corrected chi connectivity index (χ2v) is 7.67. The fourth-order valence-corrected chi connectivity index (χ4v) is 3.73. The van der Waals surface area contributed by atoms with Crippen LogP contribution in [0.2, 0.25) is 0 Å². The van der Waals surface area contributed by atoms with Gasteiger partial charge in [-0.05, 0) is 48.5 Å². The monoisotopic (exact) mass is 264 g/mol. The van der Waals surface area contributed by atoms with E-state index in [-0.39, 0.29) is 0 Å². The predicted molar refractivity (Wildman–Crippen MR) is 77.9 cm³/mol. The zero-order valence-electron chi connectivity index (χ0n) is 11.7. The van der Waals surface area contributed by atoms with Gasteiger partial charge in [0.2, 0.25) is 0 Å². The number of carbonyl (C=O) groups is 1. The SMILES string of the molecule is CC(C)(C)C1CCC(C(=O)Cc2cccs2)CC1. The molecule has 1 aromatic rings. The quantitative estimate of drug-likeness (QED) is 0.772. The van der Waals surface area contributed by atoms with Gasteiger partial charge in [-0.3, -0.25) is 4.79 Å². The van der Waals surface area contributed by atoms with Gasteiger partial charge in [0.05, 0.1) is 0 Å². The fourth-order valence-electron chi connectivity index (χ4n) is 3.01. The van der Waals surface area contributed by atoms with Crippen molar-refractivity contribution in [2.45, 2.75) is 52.9 Å². The topological polar surface area (TPSA) is 17.1 Å². The standard InChI is InChI=1S/C16H24OS/c1-16(2,3)13-8-6-12(7-9-13)15(17)11-14-5-4-10-18-14/h4-5,10,12-13H,6-9,11H2,1-3H3. The molecule has 2 rings (SSSR count). The summed E-state index contributed by atoms with van der Waals surface area (Å²) in [5, 5.41) is 2.05. The summed E-state index contributed by atoms with van der Waals surface area (Å²) < 4.78 is 0. The van der Waals surface area contributed by atoms with Gasteiger partial charge in [-0.15, -0.1) is 11.3 Å². The summed E-state index contributed by atoms with van der Waals surface area (Å²) in [6.07, 6.45) is 5.31. The highest BCUT2D eigenvalue weighted by Crippen LogP contribution is 2.40. The lowest BCUT2D eigenvalue weighted by Crippen LogP contribution is -2.29. The van der Waals surface area contributed by atoms with Gasteiger partial charge in [-0.25, -0.2) is 0 Å². The molecule has 0 aliphatic heterocycles. The van der Waals surface area contributed by atoms with E-state index in [2.05, 4.69) is 32.2 Å². The van der Waals surface area contributed by atoms with Gasteiger partial charge in [0.25, 0.3) is 0 Å². The molecule has 0 spiro atoms. The number of hydrogen-bond donors (Lipinski definition) is 0. The molecule has 1 aliphatic rings. The van der Waals surface area contributed by atoms with Crippen molar-refractivity contribution in [2.24, 2.45) is 17.3 Å². The van der Waals surface area contributed by atoms with Crippen LogP contribution >= 0.6 is 11.3 Å². The molecule has 100 valence electrons. The average molecular weight is 264 g/mol. The van der Waals surface area contributed by atoms with Crippen LogP contribution in [0.25, 0.3) is 0 Å². The summed E-state index contributed by atoms with van der Waals surface area (Å²) in [7, 11) is 0. The third-order valence-electron chi connectivity index (χ3n) is 4.34. The average Bonchev–Trinajstić information content (AvgIpc) is 2.81. The summed E-state index contributed by atoms with van der Waals surface area (Å²) in [5.41, 5.74) is 0.405. The van der Waals surface area contributed by atoms with Gasteiger partial charge < -0.3 is 0 Å². The van der Waals surface area contributed by atoms with Crippen molar-refractivity contribution in [3.05, 3.63) is 22.4 Å². The second-order valence-electron chi connectivity index (χ2n) is 6.64. The Hall–Kier alpha value is -0.630. The molecule has 1 fully saturated rings. The van der Waals surface area contributed by atoms with Crippen LogP contribution < -0.4 is 0 Å². The van der Waals surface area contributed by atoms with Crippen LogP contribution in [0.5, 0.6) is 0 Å². The molecule has 0 unspecified atom stereocenters. The number of hydrogen-bond acceptors (Lipinski definition) is 2. The Balaban J connectivity index is 1.84. The van der Waals surface area contributed by atoms with Gasteiger partial charge in [-0.2, -0.15) is 0 Å². The van der Waals surface area contributed by atoms with Crippen LogP contribution in [0, 0.1) is 17.3 Å². The minimum absolute atomic E-state index is 0.325. The maximum atomic E-state index is 12.2. The van der Waals surface area contributed by atoms with E-state index in [1.54, 1.807) is 11.3 Å². The van der Waals surface area contributed by atoms with Crippen molar-refractivity contribution < 1.29 is 4.79 Å². The normalized spacial score (nSPS) is 25.1. The van der Waals surface area contributed by atoms with Crippen LogP contribution in [0.3, 0.4) is 0 Å². The van der Waals surface area contributed by atoms with E-state index in [1.807, 2.05) is 6.07 Å². The number of Topliss-reactive ketones (excluding diaryl/α,β-unsaturated/α-hetero) is 1. The van der Waals surface area contributed by atoms with Gasteiger partial charge >= 0.3 is 0 Å². The second kappa shape index (κ2) is 5.56. The first kappa shape index (κ1) is 13.8. The zero-order chi connectivity index (χ0) is 13.2. The highest BCUT2D eigenvalue weighted by molar-refractivity contribution is 7.10. The molecule has 0 atom stereocenters. The van der Waals surface area contributed by atoms with Crippen LogP contribution in [0.4, 0.5) is 0 Å². The van der Waals surface area contributed by atoms with Crippen molar-refractivity contribution in [1.29, 1.82) is 0 Å². The van der Waals surface area contributed by atoms with Gasteiger partial charge in [0, 0.05) is 17.2 Å². The summed E-state index contributed by atoms with van der Waals surface area (Å²) in [6, 6.07) is 4.10. The van der Waals surface area contributed by atoms with Crippen molar-refractivity contribution in [3.63, 3.8) is 0 Å². The molecule has 0 N–H and O–H groups in total. The molecule has 1 nitrogen and oxygen atoms in total. The molecule has 18 heavy (non-hydrogen) atoms. The Morgan fingerprint density at radius 1 is 1.28 bits per heavy atom. The van der Waals surface area contributed by atoms with Crippen LogP contribution in [-0.2, 0) is 11.2 Å². The lowest BCUT2D eigenvalue weighted by atomic mass is 9.69. The molecule has 1 saturated carbocycles. The third kappa shape index (κ3) is 3.44. The minimum atomic E-state index is 0.325. The Kier molecular flexibility index (Phi) is 4.26. The summed E-state index contributed by atoms with van der Waals surface area (Å²) >= 11 is 1.70. The highest BCUT2D eigenvalue weighted by atomic mass is 32.1. The van der Waals surface area contributed by atoms with E-state index in [9.17, 15) is 4.79 Å². The Morgan fingerprint density at radius 2 is 1.94 bits per heavy atom. The first-order valence-corrected chi connectivity index (χ1v) is 7.90. The molecule has 0 amide bonds. The van der Waals surface area contributed by atoms with E-state index in [1.165, 1.54) is 17.7 Å². The molecule has 1 aliphatic carbocycles. The number of rotatable bonds is 3. The predicted octanol–water partition coefficient (Wildman–Crippen LogP) is 4.71. The van der Waals surface area contributed by atoms with Crippen LogP contribution in [0.15, 0.2) is 17.5 Å². The molecule has 0 bridgehead atoms. The van der Waals surface area contributed by atoms with Gasteiger partial charge in [-0.1, -0.05) is 26.8 Å². The summed E-state index contributed by atoms with van der Waals surface area (Å²) in [5.74, 6) is 1.58. The largest absolute Gasteiger partial charge is 0.299 e. The molecule has 1 heterocycles. The molecule has 0 aromatic carbocycles. The van der Waals surface area contributed by atoms with Gasteiger partial charge in [0.1, 0.15) is 5.78 Å². The molecular formula is C16H24OS. The van der Waals surface area contributed by atoms with Crippen molar-refractivity contribution >= 4 is 17.1 Å². The zero-order valence-corrected chi connectivity index (χ0v) is 12.6. The Labute approximate surface area is 115 Å².